The van der Waals surface area contributed by atoms with Crippen LogP contribution in [-0.4, -0.2) is 43.4 Å². The lowest BCUT2D eigenvalue weighted by molar-refractivity contribution is -0.248. The Bertz CT molecular complexity index is 348. The van der Waals surface area contributed by atoms with Gasteiger partial charge in [0.2, 0.25) is 5.79 Å². The lowest BCUT2D eigenvalue weighted by Crippen LogP contribution is -2.50. The molecule has 0 bridgehead atoms. The van der Waals surface area contributed by atoms with Crippen LogP contribution in [0.5, 0.6) is 0 Å². The molecule has 0 aliphatic carbocycles. The summed E-state index contributed by atoms with van der Waals surface area (Å²) in [6, 6.07) is 0. The van der Waals surface area contributed by atoms with E-state index >= 15 is 0 Å². The number of rotatable bonds is 3. The zero-order chi connectivity index (χ0) is 16.0. The van der Waals surface area contributed by atoms with Crippen LogP contribution in [0.15, 0.2) is 11.3 Å². The first kappa shape index (κ1) is 18.4. The van der Waals surface area contributed by atoms with Crippen molar-refractivity contribution in [3.05, 3.63) is 11.3 Å². The molecule has 2 aliphatic rings. The molecule has 5 heteroatoms. The summed E-state index contributed by atoms with van der Waals surface area (Å²) in [4.78, 5) is 1.78. The Morgan fingerprint density at radius 3 is 2.19 bits per heavy atom. The van der Waals surface area contributed by atoms with Crippen molar-refractivity contribution in [2.75, 3.05) is 26.2 Å². The molecule has 0 N–H and O–H groups in total. The zero-order valence-corrected chi connectivity index (χ0v) is 13.9. The maximum atomic E-state index is 12.3. The molecule has 21 heavy (non-hydrogen) atoms. The predicted octanol–water partition coefficient (Wildman–Crippen LogP) is 4.05. The number of nitrogens with zero attached hydrogens (tertiary/aromatic N) is 1. The highest BCUT2D eigenvalue weighted by atomic mass is 19.3. The monoisotopic (exact) mass is 305 g/mol. The Morgan fingerprint density at radius 1 is 1.19 bits per heavy atom. The minimum Gasteiger partial charge on any atom is -0.467 e. The summed E-state index contributed by atoms with van der Waals surface area (Å²) >= 11 is 0. The summed E-state index contributed by atoms with van der Waals surface area (Å²) in [5.41, 5.74) is 1.20. The molecule has 0 aromatic carbocycles. The molecule has 0 unspecified atom stereocenters. The SMILES string of the molecule is CC.CC1=C(C(C)C)COC2(CCN(CC(F)F)CC2)O1. The number of hydrogen-bond acceptors (Lipinski definition) is 3. The fourth-order valence-corrected chi connectivity index (χ4v) is 2.78. The minimum absolute atomic E-state index is 0.151. The van der Waals surface area contributed by atoms with E-state index in [1.165, 1.54) is 5.57 Å². The normalized spacial score (nSPS) is 22.3. The van der Waals surface area contributed by atoms with E-state index in [1.807, 2.05) is 20.8 Å². The molecule has 1 fully saturated rings. The number of ether oxygens (including phenoxy) is 2. The van der Waals surface area contributed by atoms with Crippen LogP contribution in [0.25, 0.3) is 0 Å². The van der Waals surface area contributed by atoms with Gasteiger partial charge in [-0.25, -0.2) is 8.78 Å². The highest BCUT2D eigenvalue weighted by molar-refractivity contribution is 5.13. The first-order chi connectivity index (χ1) is 9.92. The van der Waals surface area contributed by atoms with Crippen LogP contribution in [-0.2, 0) is 9.47 Å². The average molecular weight is 305 g/mol. The highest BCUT2D eigenvalue weighted by Gasteiger charge is 2.41. The molecule has 1 spiro atoms. The second kappa shape index (κ2) is 8.08. The highest BCUT2D eigenvalue weighted by Crippen LogP contribution is 2.36. The average Bonchev–Trinajstić information content (AvgIpc) is 2.43. The van der Waals surface area contributed by atoms with Crippen LogP contribution < -0.4 is 0 Å². The van der Waals surface area contributed by atoms with Crippen LogP contribution in [0.1, 0.15) is 47.5 Å². The lowest BCUT2D eigenvalue weighted by atomic mass is 9.98. The summed E-state index contributed by atoms with van der Waals surface area (Å²) in [5.74, 6) is 0.779. The van der Waals surface area contributed by atoms with Crippen LogP contribution in [0.4, 0.5) is 8.78 Å². The molecule has 2 aliphatic heterocycles. The summed E-state index contributed by atoms with van der Waals surface area (Å²) in [6.45, 7) is 11.9. The van der Waals surface area contributed by atoms with Gasteiger partial charge in [0.15, 0.2) is 0 Å². The van der Waals surface area contributed by atoms with Gasteiger partial charge in [-0.15, -0.1) is 0 Å². The molecule has 0 aromatic heterocycles. The van der Waals surface area contributed by atoms with Crippen LogP contribution in [0.2, 0.25) is 0 Å². The van der Waals surface area contributed by atoms with Gasteiger partial charge in [-0.1, -0.05) is 27.7 Å². The Labute approximate surface area is 127 Å². The second-order valence-corrected chi connectivity index (χ2v) is 5.73. The summed E-state index contributed by atoms with van der Waals surface area (Å²) in [7, 11) is 0. The van der Waals surface area contributed by atoms with Crippen molar-refractivity contribution in [3.8, 4) is 0 Å². The molecule has 1 saturated heterocycles. The summed E-state index contributed by atoms with van der Waals surface area (Å²) in [6.07, 6.45) is -0.957. The Balaban J connectivity index is 0.00000106. The predicted molar refractivity (Wildman–Crippen MR) is 80.3 cm³/mol. The van der Waals surface area contributed by atoms with Crippen molar-refractivity contribution in [3.63, 3.8) is 0 Å². The van der Waals surface area contributed by atoms with E-state index in [-0.39, 0.29) is 6.54 Å². The molecule has 2 rings (SSSR count). The van der Waals surface area contributed by atoms with E-state index in [4.69, 9.17) is 9.47 Å². The fourth-order valence-electron chi connectivity index (χ4n) is 2.78. The maximum absolute atomic E-state index is 12.3. The standard InChI is InChI=1S/C14H23F2NO2.C2H6/c1-10(2)12-9-18-14(19-11(12)3)4-6-17(7-5-14)8-13(15)16;1-2/h10,13H,4-9H2,1-3H3;1-2H3. The molecule has 0 atom stereocenters. The van der Waals surface area contributed by atoms with Gasteiger partial charge >= 0.3 is 0 Å². The van der Waals surface area contributed by atoms with E-state index in [1.54, 1.807) is 4.90 Å². The maximum Gasteiger partial charge on any atom is 0.251 e. The quantitative estimate of drug-likeness (QED) is 0.785. The zero-order valence-electron chi connectivity index (χ0n) is 13.9. The van der Waals surface area contributed by atoms with Crippen molar-refractivity contribution >= 4 is 0 Å². The third-order valence-corrected chi connectivity index (χ3v) is 3.99. The smallest absolute Gasteiger partial charge is 0.251 e. The Hall–Kier alpha value is -0.680. The van der Waals surface area contributed by atoms with Gasteiger partial charge in [0, 0.05) is 25.9 Å². The van der Waals surface area contributed by atoms with E-state index in [2.05, 4.69) is 13.8 Å². The van der Waals surface area contributed by atoms with Gasteiger partial charge in [-0.05, 0) is 18.4 Å². The molecule has 0 radical (unpaired) electrons. The van der Waals surface area contributed by atoms with Gasteiger partial charge in [-0.2, -0.15) is 0 Å². The third kappa shape index (κ3) is 4.92. The number of allylic oxidation sites excluding steroid dienone is 1. The van der Waals surface area contributed by atoms with Crippen molar-refractivity contribution in [1.29, 1.82) is 0 Å². The van der Waals surface area contributed by atoms with E-state index in [9.17, 15) is 8.78 Å². The molecule has 2 heterocycles. The van der Waals surface area contributed by atoms with Crippen LogP contribution in [0, 0.1) is 5.92 Å². The number of alkyl halides is 2. The molecule has 124 valence electrons. The van der Waals surface area contributed by atoms with Gasteiger partial charge < -0.3 is 9.47 Å². The van der Waals surface area contributed by atoms with Crippen LogP contribution in [0.3, 0.4) is 0 Å². The largest absolute Gasteiger partial charge is 0.467 e. The number of hydrogen-bond donors (Lipinski definition) is 0. The molecule has 3 nitrogen and oxygen atoms in total. The summed E-state index contributed by atoms with van der Waals surface area (Å²) < 4.78 is 36.6. The van der Waals surface area contributed by atoms with Crippen molar-refractivity contribution < 1.29 is 18.3 Å². The Kier molecular flexibility index (Phi) is 7.07. The number of piperidine rings is 1. The van der Waals surface area contributed by atoms with Gasteiger partial charge in [0.1, 0.15) is 0 Å². The van der Waals surface area contributed by atoms with E-state index < -0.39 is 12.2 Å². The molecule has 0 amide bonds. The number of halogens is 2. The van der Waals surface area contributed by atoms with Gasteiger partial charge in [-0.3, -0.25) is 4.90 Å². The third-order valence-electron chi connectivity index (χ3n) is 3.99. The van der Waals surface area contributed by atoms with E-state index in [0.717, 1.165) is 5.76 Å². The molecular formula is C16H29F2NO2. The molecule has 0 saturated carbocycles. The first-order valence-electron chi connectivity index (χ1n) is 7.95. The van der Waals surface area contributed by atoms with Crippen molar-refractivity contribution in [1.82, 2.24) is 4.90 Å². The topological polar surface area (TPSA) is 21.7 Å². The van der Waals surface area contributed by atoms with Gasteiger partial charge in [0.05, 0.1) is 18.9 Å². The van der Waals surface area contributed by atoms with Gasteiger partial charge in [0.25, 0.3) is 6.43 Å². The molecular weight excluding hydrogens is 276 g/mol. The number of likely N-dealkylation sites (tertiary alicyclic amines) is 1. The van der Waals surface area contributed by atoms with Crippen molar-refractivity contribution in [2.24, 2.45) is 5.92 Å². The Morgan fingerprint density at radius 2 is 1.76 bits per heavy atom. The van der Waals surface area contributed by atoms with E-state index in [0.29, 0.717) is 38.5 Å². The second-order valence-electron chi connectivity index (χ2n) is 5.73. The lowest BCUT2D eigenvalue weighted by Gasteiger charge is -2.44. The van der Waals surface area contributed by atoms with Crippen LogP contribution >= 0.6 is 0 Å². The summed E-state index contributed by atoms with van der Waals surface area (Å²) in [5, 5.41) is 0. The van der Waals surface area contributed by atoms with Crippen molar-refractivity contribution in [2.45, 2.75) is 59.7 Å². The molecule has 0 aromatic rings. The minimum atomic E-state index is -2.27. The fraction of sp³-hybridized carbons (Fsp3) is 0.875. The first-order valence-corrected chi connectivity index (χ1v) is 7.95.